The maximum Gasteiger partial charge on any atom is 0.264 e. The molecule has 0 spiro atoms. The molecule has 1 saturated heterocycles. The first-order valence-corrected chi connectivity index (χ1v) is 8.68. The summed E-state index contributed by atoms with van der Waals surface area (Å²) in [4.78, 5) is 26.8. The maximum absolute atomic E-state index is 12.9. The van der Waals surface area contributed by atoms with Crippen LogP contribution in [0.1, 0.15) is 38.6 Å². The molecule has 6 heteroatoms. The first kappa shape index (κ1) is 16.2. The zero-order chi connectivity index (χ0) is 16.4. The highest BCUT2D eigenvalue weighted by molar-refractivity contribution is 7.12. The highest BCUT2D eigenvalue weighted by Gasteiger charge is 2.29. The van der Waals surface area contributed by atoms with E-state index in [0.717, 1.165) is 12.1 Å². The lowest BCUT2D eigenvalue weighted by Crippen LogP contribution is -2.48. The van der Waals surface area contributed by atoms with Crippen LogP contribution in [0, 0.1) is 0 Å². The van der Waals surface area contributed by atoms with E-state index in [4.69, 9.17) is 11.6 Å². The van der Waals surface area contributed by atoms with Crippen LogP contribution in [-0.2, 0) is 0 Å². The molecule has 1 aromatic carbocycles. The minimum atomic E-state index is -0.0576. The molecule has 1 amide bonds. The number of ketones is 1. The van der Waals surface area contributed by atoms with Gasteiger partial charge in [0.15, 0.2) is 5.78 Å². The van der Waals surface area contributed by atoms with Gasteiger partial charge in [0.05, 0.1) is 10.9 Å². The van der Waals surface area contributed by atoms with E-state index in [-0.39, 0.29) is 17.7 Å². The average Bonchev–Trinajstić information content (AvgIpc) is 3.04. The van der Waals surface area contributed by atoms with Crippen molar-refractivity contribution in [1.29, 1.82) is 0 Å². The molecule has 2 aromatic rings. The SMILES string of the molecule is CC(=O)c1csc(C(=O)N2CCNCC2c2cccc(Cl)c2)c1. The monoisotopic (exact) mass is 348 g/mol. The number of thiophene rings is 1. The summed E-state index contributed by atoms with van der Waals surface area (Å²) in [6.45, 7) is 3.59. The Balaban J connectivity index is 1.88. The number of hydrogen-bond acceptors (Lipinski definition) is 4. The number of Topliss-reactive ketones (excluding diaryl/α,β-unsaturated/α-hetero) is 1. The third kappa shape index (κ3) is 3.47. The van der Waals surface area contributed by atoms with E-state index in [0.29, 0.717) is 28.6 Å². The van der Waals surface area contributed by atoms with Gasteiger partial charge in [0.2, 0.25) is 0 Å². The zero-order valence-corrected chi connectivity index (χ0v) is 14.3. The number of amides is 1. The van der Waals surface area contributed by atoms with Gasteiger partial charge in [-0.05, 0) is 30.7 Å². The standard InChI is InChI=1S/C17H17ClN2O2S/c1-11(21)13-8-16(23-10-13)17(22)20-6-5-19-9-15(20)12-3-2-4-14(18)7-12/h2-4,7-8,10,15,19H,5-6,9H2,1H3. The van der Waals surface area contributed by atoms with E-state index < -0.39 is 0 Å². The van der Waals surface area contributed by atoms with E-state index in [2.05, 4.69) is 5.32 Å². The van der Waals surface area contributed by atoms with Crippen LogP contribution < -0.4 is 5.32 Å². The number of hydrogen-bond donors (Lipinski definition) is 1. The Hall–Kier alpha value is -1.69. The fourth-order valence-corrected chi connectivity index (χ4v) is 3.83. The Bertz CT molecular complexity index is 744. The topological polar surface area (TPSA) is 49.4 Å². The van der Waals surface area contributed by atoms with Crippen LogP contribution in [0.4, 0.5) is 0 Å². The van der Waals surface area contributed by atoms with Crippen molar-refractivity contribution in [3.63, 3.8) is 0 Å². The Morgan fingerprint density at radius 3 is 2.87 bits per heavy atom. The van der Waals surface area contributed by atoms with Gasteiger partial charge in [-0.3, -0.25) is 9.59 Å². The first-order chi connectivity index (χ1) is 11.1. The van der Waals surface area contributed by atoms with Gasteiger partial charge in [-0.2, -0.15) is 0 Å². The van der Waals surface area contributed by atoms with E-state index in [1.807, 2.05) is 29.2 Å². The van der Waals surface area contributed by atoms with Gasteiger partial charge < -0.3 is 10.2 Å². The summed E-state index contributed by atoms with van der Waals surface area (Å²) in [6.07, 6.45) is 0. The lowest BCUT2D eigenvalue weighted by molar-refractivity contribution is 0.0639. The van der Waals surface area contributed by atoms with E-state index in [9.17, 15) is 9.59 Å². The molecule has 3 rings (SSSR count). The molecule has 120 valence electrons. The molecular formula is C17H17ClN2O2S. The number of piperazine rings is 1. The molecule has 1 N–H and O–H groups in total. The van der Waals surface area contributed by atoms with E-state index in [1.165, 1.54) is 18.3 Å². The minimum absolute atomic E-state index is 0.0213. The summed E-state index contributed by atoms with van der Waals surface area (Å²) in [5.74, 6) is -0.0547. The lowest BCUT2D eigenvalue weighted by Gasteiger charge is -2.36. The molecule has 0 aliphatic carbocycles. The van der Waals surface area contributed by atoms with Gasteiger partial charge in [0.1, 0.15) is 0 Å². The van der Waals surface area contributed by atoms with Gasteiger partial charge in [-0.15, -0.1) is 11.3 Å². The smallest absolute Gasteiger partial charge is 0.264 e. The van der Waals surface area contributed by atoms with Crippen molar-refractivity contribution in [2.45, 2.75) is 13.0 Å². The second-order valence-corrected chi connectivity index (χ2v) is 6.88. The van der Waals surface area contributed by atoms with Crippen LogP contribution >= 0.6 is 22.9 Å². The predicted molar refractivity (Wildman–Crippen MR) is 92.4 cm³/mol. The van der Waals surface area contributed by atoms with Crippen molar-refractivity contribution in [2.75, 3.05) is 19.6 Å². The van der Waals surface area contributed by atoms with Crippen LogP contribution in [0.15, 0.2) is 35.7 Å². The van der Waals surface area contributed by atoms with Gasteiger partial charge >= 0.3 is 0 Å². The van der Waals surface area contributed by atoms with Crippen molar-refractivity contribution in [3.05, 3.63) is 56.7 Å². The summed E-state index contributed by atoms with van der Waals surface area (Å²) in [7, 11) is 0. The summed E-state index contributed by atoms with van der Waals surface area (Å²) >= 11 is 7.41. The van der Waals surface area contributed by atoms with Gasteiger partial charge in [-0.1, -0.05) is 23.7 Å². The molecule has 1 aliphatic heterocycles. The van der Waals surface area contributed by atoms with Gasteiger partial charge in [0, 0.05) is 35.6 Å². The first-order valence-electron chi connectivity index (χ1n) is 7.43. The molecular weight excluding hydrogens is 332 g/mol. The van der Waals surface area contributed by atoms with Gasteiger partial charge in [0.25, 0.3) is 5.91 Å². The van der Waals surface area contributed by atoms with Crippen molar-refractivity contribution in [2.24, 2.45) is 0 Å². The Morgan fingerprint density at radius 2 is 2.17 bits per heavy atom. The Morgan fingerprint density at radius 1 is 1.35 bits per heavy atom. The number of nitrogens with one attached hydrogen (secondary N) is 1. The summed E-state index contributed by atoms with van der Waals surface area (Å²) < 4.78 is 0. The van der Waals surface area contributed by atoms with Crippen LogP contribution in [0.5, 0.6) is 0 Å². The number of benzene rings is 1. The quantitative estimate of drug-likeness (QED) is 0.865. The molecule has 23 heavy (non-hydrogen) atoms. The van der Waals surface area contributed by atoms with Crippen molar-refractivity contribution in [3.8, 4) is 0 Å². The van der Waals surface area contributed by atoms with E-state index in [1.54, 1.807) is 11.4 Å². The second-order valence-electron chi connectivity index (χ2n) is 5.53. The van der Waals surface area contributed by atoms with Crippen LogP contribution in [-0.4, -0.2) is 36.2 Å². The summed E-state index contributed by atoms with van der Waals surface area (Å²) in [5, 5.41) is 5.73. The molecule has 2 heterocycles. The lowest BCUT2D eigenvalue weighted by atomic mass is 10.0. The van der Waals surface area contributed by atoms with Crippen molar-refractivity contribution < 1.29 is 9.59 Å². The van der Waals surface area contributed by atoms with Crippen LogP contribution in [0.3, 0.4) is 0 Å². The number of carbonyl (C=O) groups is 2. The van der Waals surface area contributed by atoms with E-state index >= 15 is 0 Å². The van der Waals surface area contributed by atoms with Gasteiger partial charge in [-0.25, -0.2) is 0 Å². The average molecular weight is 349 g/mol. The molecule has 1 aliphatic rings. The Kier molecular flexibility index (Phi) is 4.80. The number of carbonyl (C=O) groups excluding carboxylic acids is 2. The largest absolute Gasteiger partial charge is 0.328 e. The molecule has 0 bridgehead atoms. The predicted octanol–water partition coefficient (Wildman–Crippen LogP) is 3.39. The molecule has 0 radical (unpaired) electrons. The van der Waals surface area contributed by atoms with Crippen molar-refractivity contribution >= 4 is 34.6 Å². The Labute approximate surface area is 144 Å². The molecule has 4 nitrogen and oxygen atoms in total. The van der Waals surface area contributed by atoms with Crippen LogP contribution in [0.25, 0.3) is 0 Å². The molecule has 0 saturated carbocycles. The van der Waals surface area contributed by atoms with Crippen molar-refractivity contribution in [1.82, 2.24) is 10.2 Å². The third-order valence-corrected chi connectivity index (χ3v) is 5.11. The molecule has 1 atom stereocenters. The normalized spacial score (nSPS) is 18.0. The summed E-state index contributed by atoms with van der Waals surface area (Å²) in [6, 6.07) is 9.23. The van der Waals surface area contributed by atoms with Crippen LogP contribution in [0.2, 0.25) is 5.02 Å². The molecule has 1 aromatic heterocycles. The molecule has 1 fully saturated rings. The summed E-state index contributed by atoms with van der Waals surface area (Å²) in [5.41, 5.74) is 1.61. The number of rotatable bonds is 3. The highest BCUT2D eigenvalue weighted by Crippen LogP contribution is 2.28. The highest BCUT2D eigenvalue weighted by atomic mass is 35.5. The number of nitrogens with zero attached hydrogens (tertiary/aromatic N) is 1. The minimum Gasteiger partial charge on any atom is -0.328 e. The maximum atomic E-state index is 12.9. The fourth-order valence-electron chi connectivity index (χ4n) is 2.73. The second kappa shape index (κ2) is 6.83. The zero-order valence-electron chi connectivity index (χ0n) is 12.7. The third-order valence-electron chi connectivity index (χ3n) is 3.95. The number of halogens is 1. The fraction of sp³-hybridized carbons (Fsp3) is 0.294. The molecule has 1 unspecified atom stereocenters.